The lowest BCUT2D eigenvalue weighted by Crippen LogP contribution is -2.34. The number of nitrogens with one attached hydrogen (secondary N) is 1. The summed E-state index contributed by atoms with van der Waals surface area (Å²) in [5, 5.41) is 8.04. The van der Waals surface area contributed by atoms with Crippen LogP contribution in [0.3, 0.4) is 0 Å². The van der Waals surface area contributed by atoms with Gasteiger partial charge in [0.2, 0.25) is 5.91 Å². The minimum atomic E-state index is -0.0455. The molecule has 0 aromatic carbocycles. The molecular weight excluding hydrogens is 362 g/mol. The van der Waals surface area contributed by atoms with E-state index in [4.69, 9.17) is 17.3 Å². The van der Waals surface area contributed by atoms with Gasteiger partial charge in [0.1, 0.15) is 5.82 Å². The SMILES string of the molecule is CC1(C)Cc2c(-c3cc(NC(=O)[C@H]4CCC[C@@H](N)C4)ncc3Cl)cnn2C1. The quantitative estimate of drug-likeness (QED) is 0.841. The van der Waals surface area contributed by atoms with E-state index >= 15 is 0 Å². The molecule has 3 N–H and O–H groups in total. The maximum absolute atomic E-state index is 12.6. The summed E-state index contributed by atoms with van der Waals surface area (Å²) in [4.78, 5) is 16.9. The first-order chi connectivity index (χ1) is 12.8. The maximum Gasteiger partial charge on any atom is 0.228 e. The van der Waals surface area contributed by atoms with Crippen molar-refractivity contribution in [1.82, 2.24) is 14.8 Å². The molecule has 1 aliphatic carbocycles. The number of amides is 1. The summed E-state index contributed by atoms with van der Waals surface area (Å²) in [6, 6.07) is 1.97. The molecule has 27 heavy (non-hydrogen) atoms. The fraction of sp³-hybridized carbons (Fsp3) is 0.550. The standard InChI is InChI=1S/C20H26ClN5O/c1-20(2)8-17-15(9-24-26(17)11-20)14-7-18(23-10-16(14)21)25-19(27)12-4-3-5-13(22)6-12/h7,9-10,12-13H,3-6,8,11,22H2,1-2H3,(H,23,25,27)/t12-,13+/m0/s1. The Hall–Kier alpha value is -1.92. The predicted octanol–water partition coefficient (Wildman–Crippen LogP) is 3.64. The van der Waals surface area contributed by atoms with Gasteiger partial charge in [-0.1, -0.05) is 31.9 Å². The van der Waals surface area contributed by atoms with Crippen LogP contribution in [0.1, 0.15) is 45.2 Å². The molecule has 2 aliphatic rings. The summed E-state index contributed by atoms with van der Waals surface area (Å²) in [7, 11) is 0. The largest absolute Gasteiger partial charge is 0.328 e. The number of aromatic nitrogens is 3. The second kappa shape index (κ2) is 6.91. The molecule has 1 fully saturated rings. The van der Waals surface area contributed by atoms with E-state index in [1.807, 2.05) is 16.9 Å². The molecule has 144 valence electrons. The molecule has 0 radical (unpaired) electrons. The summed E-state index contributed by atoms with van der Waals surface area (Å²) in [6.07, 6.45) is 8.01. The van der Waals surface area contributed by atoms with Gasteiger partial charge in [-0.2, -0.15) is 5.10 Å². The van der Waals surface area contributed by atoms with Crippen LogP contribution >= 0.6 is 11.6 Å². The van der Waals surface area contributed by atoms with Crippen molar-refractivity contribution in [2.75, 3.05) is 5.32 Å². The van der Waals surface area contributed by atoms with Gasteiger partial charge < -0.3 is 11.1 Å². The van der Waals surface area contributed by atoms with Crippen LogP contribution in [0.4, 0.5) is 5.82 Å². The zero-order valence-electron chi connectivity index (χ0n) is 15.8. The molecule has 2 aromatic heterocycles. The van der Waals surface area contributed by atoms with E-state index in [2.05, 4.69) is 29.2 Å². The number of pyridine rings is 1. The van der Waals surface area contributed by atoms with Crippen LogP contribution in [-0.4, -0.2) is 26.7 Å². The van der Waals surface area contributed by atoms with Gasteiger partial charge in [0, 0.05) is 41.5 Å². The second-order valence-electron chi connectivity index (χ2n) is 8.67. The van der Waals surface area contributed by atoms with E-state index in [0.717, 1.165) is 49.8 Å². The summed E-state index contributed by atoms with van der Waals surface area (Å²) in [6.45, 7) is 5.37. The minimum Gasteiger partial charge on any atom is -0.328 e. The summed E-state index contributed by atoms with van der Waals surface area (Å²) in [5.74, 6) is 0.471. The molecule has 0 unspecified atom stereocenters. The predicted molar refractivity (Wildman–Crippen MR) is 107 cm³/mol. The number of anilines is 1. The maximum atomic E-state index is 12.6. The molecule has 6 nitrogen and oxygen atoms in total. The van der Waals surface area contributed by atoms with E-state index in [1.165, 1.54) is 5.69 Å². The summed E-state index contributed by atoms with van der Waals surface area (Å²) >= 11 is 6.44. The third kappa shape index (κ3) is 3.73. The Bertz CT molecular complexity index is 875. The van der Waals surface area contributed by atoms with Crippen LogP contribution in [0.5, 0.6) is 0 Å². The molecular formula is C20H26ClN5O. The highest BCUT2D eigenvalue weighted by Gasteiger charge is 2.32. The average molecular weight is 388 g/mol. The number of hydrogen-bond donors (Lipinski definition) is 2. The van der Waals surface area contributed by atoms with Crippen molar-refractivity contribution >= 4 is 23.3 Å². The van der Waals surface area contributed by atoms with Crippen molar-refractivity contribution in [3.63, 3.8) is 0 Å². The van der Waals surface area contributed by atoms with Crippen LogP contribution in [0.2, 0.25) is 5.02 Å². The van der Waals surface area contributed by atoms with E-state index < -0.39 is 0 Å². The Morgan fingerprint density at radius 3 is 2.93 bits per heavy atom. The monoisotopic (exact) mass is 387 g/mol. The number of nitrogens with zero attached hydrogens (tertiary/aromatic N) is 3. The van der Waals surface area contributed by atoms with Crippen LogP contribution in [0, 0.1) is 11.3 Å². The molecule has 1 saturated carbocycles. The first-order valence-corrected chi connectivity index (χ1v) is 9.97. The normalized spacial score (nSPS) is 23.9. The Kier molecular flexibility index (Phi) is 4.72. The van der Waals surface area contributed by atoms with E-state index in [9.17, 15) is 4.79 Å². The number of nitrogens with two attached hydrogens (primary N) is 1. The second-order valence-corrected chi connectivity index (χ2v) is 9.07. The lowest BCUT2D eigenvalue weighted by atomic mass is 9.85. The molecule has 4 rings (SSSR count). The van der Waals surface area contributed by atoms with E-state index in [1.54, 1.807) is 6.20 Å². The van der Waals surface area contributed by atoms with Crippen molar-refractivity contribution < 1.29 is 4.79 Å². The third-order valence-electron chi connectivity index (χ3n) is 5.65. The Morgan fingerprint density at radius 1 is 1.33 bits per heavy atom. The van der Waals surface area contributed by atoms with Gasteiger partial charge in [0.05, 0.1) is 11.2 Å². The Labute approximate surface area is 164 Å². The van der Waals surface area contributed by atoms with Crippen molar-refractivity contribution in [1.29, 1.82) is 0 Å². The first-order valence-electron chi connectivity index (χ1n) is 9.59. The highest BCUT2D eigenvalue weighted by Crippen LogP contribution is 2.39. The van der Waals surface area contributed by atoms with Crippen molar-refractivity contribution in [2.24, 2.45) is 17.1 Å². The average Bonchev–Trinajstić information content (AvgIpc) is 3.11. The molecule has 0 saturated heterocycles. The number of carbonyl (C=O) groups excluding carboxylic acids is 1. The molecule has 2 atom stereocenters. The molecule has 0 spiro atoms. The molecule has 0 bridgehead atoms. The number of fused-ring (bicyclic) bond motifs is 1. The molecule has 1 aliphatic heterocycles. The van der Waals surface area contributed by atoms with Gasteiger partial charge in [-0.3, -0.25) is 9.48 Å². The number of carbonyl (C=O) groups is 1. The van der Waals surface area contributed by atoms with Crippen LogP contribution < -0.4 is 11.1 Å². The zero-order chi connectivity index (χ0) is 19.2. The van der Waals surface area contributed by atoms with Crippen LogP contribution in [0.25, 0.3) is 11.1 Å². The molecule has 3 heterocycles. The van der Waals surface area contributed by atoms with E-state index in [-0.39, 0.29) is 23.3 Å². The van der Waals surface area contributed by atoms with Gasteiger partial charge in [0.25, 0.3) is 0 Å². The van der Waals surface area contributed by atoms with Gasteiger partial charge in [0.15, 0.2) is 0 Å². The van der Waals surface area contributed by atoms with Crippen molar-refractivity contribution in [3.05, 3.63) is 29.2 Å². The smallest absolute Gasteiger partial charge is 0.228 e. The van der Waals surface area contributed by atoms with E-state index in [0.29, 0.717) is 10.8 Å². The fourth-order valence-electron chi connectivity index (χ4n) is 4.28. The highest BCUT2D eigenvalue weighted by molar-refractivity contribution is 6.33. The van der Waals surface area contributed by atoms with Gasteiger partial charge >= 0.3 is 0 Å². The van der Waals surface area contributed by atoms with Gasteiger partial charge in [-0.15, -0.1) is 0 Å². The van der Waals surface area contributed by atoms with Gasteiger partial charge in [-0.25, -0.2) is 4.98 Å². The molecule has 7 heteroatoms. The fourth-order valence-corrected chi connectivity index (χ4v) is 4.49. The third-order valence-corrected chi connectivity index (χ3v) is 5.96. The van der Waals surface area contributed by atoms with Crippen molar-refractivity contribution in [3.8, 4) is 11.1 Å². The van der Waals surface area contributed by atoms with Crippen LogP contribution in [-0.2, 0) is 17.8 Å². The van der Waals surface area contributed by atoms with Gasteiger partial charge in [-0.05, 0) is 37.2 Å². The zero-order valence-corrected chi connectivity index (χ0v) is 16.6. The molecule has 1 amide bonds. The number of hydrogen-bond acceptors (Lipinski definition) is 4. The minimum absolute atomic E-state index is 0.00714. The van der Waals surface area contributed by atoms with Crippen molar-refractivity contribution in [2.45, 2.75) is 58.5 Å². The Balaban J connectivity index is 1.57. The Morgan fingerprint density at radius 2 is 2.15 bits per heavy atom. The number of halogens is 1. The summed E-state index contributed by atoms with van der Waals surface area (Å²) in [5.41, 5.74) is 9.27. The van der Waals surface area contributed by atoms with Crippen LogP contribution in [0.15, 0.2) is 18.5 Å². The first kappa shape index (κ1) is 18.4. The lowest BCUT2D eigenvalue weighted by Gasteiger charge is -2.25. The summed E-state index contributed by atoms with van der Waals surface area (Å²) < 4.78 is 2.05. The topological polar surface area (TPSA) is 85.8 Å². The highest BCUT2D eigenvalue weighted by atomic mass is 35.5. The lowest BCUT2D eigenvalue weighted by molar-refractivity contribution is -0.120. The number of rotatable bonds is 3. The molecule has 2 aromatic rings.